The molecule has 1 saturated heterocycles. The largest absolute Gasteiger partial charge is 0.379 e. The topological polar surface area (TPSA) is 45.7 Å². The number of thiazole rings is 1. The van der Waals surface area contributed by atoms with Crippen molar-refractivity contribution in [1.29, 1.82) is 0 Å². The maximum absolute atomic E-state index is 13.7. The van der Waals surface area contributed by atoms with Crippen LogP contribution in [0.15, 0.2) is 36.4 Å². The molecule has 5 nitrogen and oxygen atoms in total. The highest BCUT2D eigenvalue weighted by molar-refractivity contribution is 7.22. The van der Waals surface area contributed by atoms with E-state index in [1.54, 1.807) is 4.90 Å². The lowest BCUT2D eigenvalue weighted by Crippen LogP contribution is -2.43. The lowest BCUT2D eigenvalue weighted by atomic mass is 10.2. The van der Waals surface area contributed by atoms with Gasteiger partial charge < -0.3 is 4.74 Å². The summed E-state index contributed by atoms with van der Waals surface area (Å²) in [4.78, 5) is 21.6. The molecule has 1 fully saturated rings. The predicted molar refractivity (Wildman–Crippen MR) is 110 cm³/mol. The lowest BCUT2D eigenvalue weighted by molar-refractivity contribution is 0.0391. The second-order valence-electron chi connectivity index (χ2n) is 7.01. The number of ether oxygens (including phenoxy) is 1. The first-order valence-corrected chi connectivity index (χ1v) is 10.3. The zero-order chi connectivity index (χ0) is 20.4. The van der Waals surface area contributed by atoms with Crippen LogP contribution >= 0.6 is 11.3 Å². The number of hydrogen-bond acceptors (Lipinski definition) is 5. The predicted octanol–water partition coefficient (Wildman–Crippen LogP) is 3.86. The Morgan fingerprint density at radius 1 is 1.17 bits per heavy atom. The SMILES string of the molecule is Cc1ccc2nc(N(CCN3CCOCC3)C(=O)c3ccc(F)c(F)c3)sc2c1. The van der Waals surface area contributed by atoms with Gasteiger partial charge in [0.25, 0.3) is 5.91 Å². The van der Waals surface area contributed by atoms with Crippen molar-refractivity contribution in [3.05, 3.63) is 59.2 Å². The van der Waals surface area contributed by atoms with Gasteiger partial charge in [0, 0.05) is 31.7 Å². The summed E-state index contributed by atoms with van der Waals surface area (Å²) >= 11 is 1.42. The van der Waals surface area contributed by atoms with E-state index in [-0.39, 0.29) is 5.56 Å². The Kier molecular flexibility index (Phi) is 5.84. The number of carbonyl (C=O) groups excluding carboxylic acids is 1. The maximum atomic E-state index is 13.7. The summed E-state index contributed by atoms with van der Waals surface area (Å²) in [6.45, 7) is 5.97. The Labute approximate surface area is 171 Å². The summed E-state index contributed by atoms with van der Waals surface area (Å²) in [5, 5.41) is 0.550. The van der Waals surface area contributed by atoms with E-state index in [4.69, 9.17) is 4.74 Å². The van der Waals surface area contributed by atoms with Crippen LogP contribution in [0, 0.1) is 18.6 Å². The van der Waals surface area contributed by atoms with Crippen molar-refractivity contribution in [3.8, 4) is 0 Å². The van der Waals surface area contributed by atoms with Gasteiger partial charge in [-0.2, -0.15) is 0 Å². The number of fused-ring (bicyclic) bond motifs is 1. The van der Waals surface area contributed by atoms with Gasteiger partial charge in [-0.05, 0) is 42.8 Å². The minimum atomic E-state index is -1.04. The number of rotatable bonds is 5. The van der Waals surface area contributed by atoms with E-state index in [0.29, 0.717) is 31.4 Å². The first-order valence-electron chi connectivity index (χ1n) is 9.45. The fourth-order valence-electron chi connectivity index (χ4n) is 3.27. The molecule has 1 amide bonds. The van der Waals surface area contributed by atoms with Crippen molar-refractivity contribution >= 4 is 32.6 Å². The number of aryl methyl sites for hydroxylation is 1. The Balaban J connectivity index is 1.64. The van der Waals surface area contributed by atoms with Gasteiger partial charge in [-0.1, -0.05) is 17.4 Å². The van der Waals surface area contributed by atoms with Gasteiger partial charge in [0.15, 0.2) is 16.8 Å². The molecular weight excluding hydrogens is 396 g/mol. The summed E-state index contributed by atoms with van der Waals surface area (Å²) in [7, 11) is 0. The molecule has 0 radical (unpaired) electrons. The number of carbonyl (C=O) groups is 1. The fourth-order valence-corrected chi connectivity index (χ4v) is 4.36. The summed E-state index contributed by atoms with van der Waals surface area (Å²) in [6, 6.07) is 9.15. The molecule has 152 valence electrons. The molecule has 0 unspecified atom stereocenters. The smallest absolute Gasteiger partial charge is 0.260 e. The van der Waals surface area contributed by atoms with Crippen molar-refractivity contribution in [3.63, 3.8) is 0 Å². The van der Waals surface area contributed by atoms with E-state index < -0.39 is 17.5 Å². The van der Waals surface area contributed by atoms with Gasteiger partial charge in [-0.15, -0.1) is 0 Å². The van der Waals surface area contributed by atoms with Crippen molar-refractivity contribution in [1.82, 2.24) is 9.88 Å². The quantitative estimate of drug-likeness (QED) is 0.633. The number of anilines is 1. The molecule has 8 heteroatoms. The number of morpholine rings is 1. The summed E-state index contributed by atoms with van der Waals surface area (Å²) < 4.78 is 33.4. The van der Waals surface area contributed by atoms with Gasteiger partial charge in [-0.3, -0.25) is 14.6 Å². The molecule has 4 rings (SSSR count). The zero-order valence-electron chi connectivity index (χ0n) is 16.0. The van der Waals surface area contributed by atoms with E-state index in [1.807, 2.05) is 25.1 Å². The average molecular weight is 417 g/mol. The third-order valence-corrected chi connectivity index (χ3v) is 5.96. The van der Waals surface area contributed by atoms with E-state index in [1.165, 1.54) is 17.4 Å². The molecule has 0 saturated carbocycles. The van der Waals surface area contributed by atoms with Crippen molar-refractivity contribution in [2.24, 2.45) is 0 Å². The number of halogens is 2. The molecule has 1 aromatic heterocycles. The molecule has 2 heterocycles. The number of amides is 1. The standard InChI is InChI=1S/C21H21F2N3O2S/c1-14-2-5-18-19(12-14)29-21(24-18)26(7-6-25-8-10-28-11-9-25)20(27)15-3-4-16(22)17(23)13-15/h2-5,12-13H,6-11H2,1H3. The summed E-state index contributed by atoms with van der Waals surface area (Å²) in [5.74, 6) is -2.41. The minimum Gasteiger partial charge on any atom is -0.379 e. The molecule has 1 aliphatic heterocycles. The molecule has 0 bridgehead atoms. The molecule has 29 heavy (non-hydrogen) atoms. The second kappa shape index (κ2) is 8.52. The molecule has 0 spiro atoms. The van der Waals surface area contributed by atoms with E-state index in [9.17, 15) is 13.6 Å². The highest BCUT2D eigenvalue weighted by Gasteiger charge is 2.23. The molecule has 3 aromatic rings. The van der Waals surface area contributed by atoms with E-state index in [0.717, 1.165) is 41.0 Å². The van der Waals surface area contributed by atoms with Crippen LogP contribution in [0.4, 0.5) is 13.9 Å². The van der Waals surface area contributed by atoms with Crippen molar-refractivity contribution in [2.45, 2.75) is 6.92 Å². The Morgan fingerprint density at radius 2 is 1.97 bits per heavy atom. The van der Waals surface area contributed by atoms with Gasteiger partial charge in [0.2, 0.25) is 0 Å². The molecule has 0 atom stereocenters. The van der Waals surface area contributed by atoms with Crippen LogP contribution in [0.5, 0.6) is 0 Å². The van der Waals surface area contributed by atoms with E-state index in [2.05, 4.69) is 9.88 Å². The Hall–Kier alpha value is -2.42. The van der Waals surface area contributed by atoms with Crippen molar-refractivity contribution < 1.29 is 18.3 Å². The van der Waals surface area contributed by atoms with Crippen LogP contribution in [-0.4, -0.2) is 55.2 Å². The fraction of sp³-hybridized carbons (Fsp3) is 0.333. The third kappa shape index (κ3) is 4.44. The molecule has 0 aliphatic carbocycles. The van der Waals surface area contributed by atoms with Gasteiger partial charge >= 0.3 is 0 Å². The zero-order valence-corrected chi connectivity index (χ0v) is 16.8. The van der Waals surface area contributed by atoms with Crippen LogP contribution in [0.3, 0.4) is 0 Å². The van der Waals surface area contributed by atoms with Crippen molar-refractivity contribution in [2.75, 3.05) is 44.3 Å². The molecule has 2 aromatic carbocycles. The number of aromatic nitrogens is 1. The molecule has 1 aliphatic rings. The van der Waals surface area contributed by atoms with Gasteiger partial charge in [0.1, 0.15) is 0 Å². The summed E-state index contributed by atoms with van der Waals surface area (Å²) in [5.41, 5.74) is 2.02. The van der Waals surface area contributed by atoms with E-state index >= 15 is 0 Å². The first kappa shape index (κ1) is 19.9. The first-order chi connectivity index (χ1) is 14.0. The normalized spacial score (nSPS) is 15.0. The van der Waals surface area contributed by atoms with Crippen LogP contribution in [0.2, 0.25) is 0 Å². The third-order valence-electron chi connectivity index (χ3n) is 4.92. The lowest BCUT2D eigenvalue weighted by Gasteiger charge is -2.29. The van der Waals surface area contributed by atoms with Gasteiger partial charge in [-0.25, -0.2) is 13.8 Å². The minimum absolute atomic E-state index is 0.0984. The number of hydrogen-bond donors (Lipinski definition) is 0. The highest BCUT2D eigenvalue weighted by atomic mass is 32.1. The molecular formula is C21H21F2N3O2S. The monoisotopic (exact) mass is 417 g/mol. The average Bonchev–Trinajstić information content (AvgIpc) is 3.13. The Bertz CT molecular complexity index is 1030. The Morgan fingerprint density at radius 3 is 2.72 bits per heavy atom. The van der Waals surface area contributed by atoms with Crippen LogP contribution in [0.1, 0.15) is 15.9 Å². The number of nitrogens with zero attached hydrogens (tertiary/aromatic N) is 3. The maximum Gasteiger partial charge on any atom is 0.260 e. The second-order valence-corrected chi connectivity index (χ2v) is 8.02. The number of benzene rings is 2. The van der Waals surface area contributed by atoms with Crippen LogP contribution in [-0.2, 0) is 4.74 Å². The summed E-state index contributed by atoms with van der Waals surface area (Å²) in [6.07, 6.45) is 0. The van der Waals surface area contributed by atoms with Crippen LogP contribution < -0.4 is 4.90 Å². The molecule has 0 N–H and O–H groups in total. The highest BCUT2D eigenvalue weighted by Crippen LogP contribution is 2.30. The van der Waals surface area contributed by atoms with Crippen LogP contribution in [0.25, 0.3) is 10.2 Å². The van der Waals surface area contributed by atoms with Gasteiger partial charge in [0.05, 0.1) is 23.4 Å².